The molecule has 0 radical (unpaired) electrons. The van der Waals surface area contributed by atoms with Crippen molar-refractivity contribution in [3.05, 3.63) is 54.5 Å². The predicted octanol–water partition coefficient (Wildman–Crippen LogP) is 3.59. The van der Waals surface area contributed by atoms with Crippen LogP contribution in [0.5, 0.6) is 0 Å². The number of pyridine rings is 1. The molecule has 3 aromatic heterocycles. The lowest BCUT2D eigenvalue weighted by atomic mass is 10.1. The number of anilines is 3. The van der Waals surface area contributed by atoms with Gasteiger partial charge in [0.1, 0.15) is 24.4 Å². The number of alkyl halides is 3. The number of piperazine rings is 1. The number of imidazole rings is 1. The molecule has 1 amide bonds. The molecule has 2 aliphatic heterocycles. The van der Waals surface area contributed by atoms with E-state index in [0.29, 0.717) is 44.6 Å². The van der Waals surface area contributed by atoms with Gasteiger partial charge >= 0.3 is 6.18 Å². The Kier molecular flexibility index (Phi) is 7.89. The van der Waals surface area contributed by atoms with E-state index in [9.17, 15) is 18.0 Å². The minimum absolute atomic E-state index is 0.273. The maximum Gasteiger partial charge on any atom is 0.397 e. The quantitative estimate of drug-likeness (QED) is 0.338. The van der Waals surface area contributed by atoms with Gasteiger partial charge in [-0.05, 0) is 29.8 Å². The Morgan fingerprint density at radius 2 is 1.79 bits per heavy atom. The van der Waals surface area contributed by atoms with Crippen molar-refractivity contribution in [2.75, 3.05) is 62.7 Å². The monoisotopic (exact) mass is 581 g/mol. The number of aromatic nitrogens is 5. The number of carbonyl (C=O) groups excluding carboxylic acids is 1. The van der Waals surface area contributed by atoms with Crippen molar-refractivity contribution >= 4 is 34.5 Å². The maximum absolute atomic E-state index is 12.6. The molecule has 2 aliphatic rings. The van der Waals surface area contributed by atoms with E-state index in [2.05, 4.69) is 40.0 Å². The van der Waals surface area contributed by atoms with Gasteiger partial charge in [0.15, 0.2) is 0 Å². The number of hydrogen-bond acceptors (Lipinski definition) is 9. The fraction of sp³-hybridized carbons (Fsp3) is 0.393. The number of halogens is 3. The number of hydrogen-bond donors (Lipinski definition) is 2. The fourth-order valence-electron chi connectivity index (χ4n) is 5.16. The van der Waals surface area contributed by atoms with Gasteiger partial charge < -0.3 is 24.8 Å². The molecular formula is C28H30F3N9O2. The smallest absolute Gasteiger partial charge is 0.378 e. The molecule has 0 bridgehead atoms. The van der Waals surface area contributed by atoms with Crippen LogP contribution in [-0.2, 0) is 16.1 Å². The summed E-state index contributed by atoms with van der Waals surface area (Å²) in [7, 11) is 0. The molecular weight excluding hydrogens is 551 g/mol. The largest absolute Gasteiger partial charge is 0.397 e. The number of ether oxygens (including phenoxy) is 1. The van der Waals surface area contributed by atoms with Crippen LogP contribution in [0.15, 0.2) is 48.9 Å². The highest BCUT2D eigenvalue weighted by molar-refractivity contribution is 5.83. The summed E-state index contributed by atoms with van der Waals surface area (Å²) in [6.07, 6.45) is -2.62. The van der Waals surface area contributed by atoms with E-state index in [1.807, 2.05) is 36.4 Å². The molecule has 0 unspecified atom stereocenters. The van der Waals surface area contributed by atoms with Crippen molar-refractivity contribution in [2.24, 2.45) is 0 Å². The minimum Gasteiger partial charge on any atom is -0.378 e. The van der Waals surface area contributed by atoms with Gasteiger partial charge in [-0.15, -0.1) is 0 Å². The number of nitrogens with one attached hydrogen (secondary N) is 2. The van der Waals surface area contributed by atoms with Gasteiger partial charge in [0.05, 0.1) is 29.9 Å². The summed E-state index contributed by atoms with van der Waals surface area (Å²) in [6, 6.07) is 11.7. The first-order chi connectivity index (χ1) is 20.3. The Balaban J connectivity index is 1.09. The van der Waals surface area contributed by atoms with Crippen LogP contribution in [0.3, 0.4) is 0 Å². The Hall–Kier alpha value is -4.30. The van der Waals surface area contributed by atoms with E-state index in [-0.39, 0.29) is 13.1 Å². The lowest BCUT2D eigenvalue weighted by Crippen LogP contribution is -2.49. The summed E-state index contributed by atoms with van der Waals surface area (Å²) in [5.74, 6) is 1.15. The number of fused-ring (bicyclic) bond motifs is 1. The minimum atomic E-state index is -4.49. The highest BCUT2D eigenvalue weighted by atomic mass is 19.4. The Bertz CT molecular complexity index is 1550. The van der Waals surface area contributed by atoms with Crippen LogP contribution in [0.25, 0.3) is 22.3 Å². The molecule has 0 saturated carbocycles. The highest BCUT2D eigenvalue weighted by Crippen LogP contribution is 2.26. The number of morpholine rings is 1. The second-order valence-electron chi connectivity index (χ2n) is 10.3. The third-order valence-electron chi connectivity index (χ3n) is 7.32. The molecule has 2 N–H and O–H groups in total. The van der Waals surface area contributed by atoms with Gasteiger partial charge in [-0.3, -0.25) is 9.69 Å². The maximum atomic E-state index is 12.6. The van der Waals surface area contributed by atoms with Crippen molar-refractivity contribution in [1.82, 2.24) is 34.7 Å². The summed E-state index contributed by atoms with van der Waals surface area (Å²) in [6.45, 7) is 5.09. The van der Waals surface area contributed by atoms with E-state index in [0.717, 1.165) is 46.8 Å². The van der Waals surface area contributed by atoms with Gasteiger partial charge in [-0.2, -0.15) is 13.2 Å². The van der Waals surface area contributed by atoms with Crippen LogP contribution in [0.1, 0.15) is 12.0 Å². The molecule has 2 fully saturated rings. The zero-order valence-corrected chi connectivity index (χ0v) is 22.8. The molecule has 0 spiro atoms. The molecule has 220 valence electrons. The van der Waals surface area contributed by atoms with Gasteiger partial charge in [-0.1, -0.05) is 6.07 Å². The normalized spacial score (nSPS) is 16.6. The SMILES string of the molecule is O=C(CC(F)(F)F)N1CCN(Cc2ccnc(Nc3nc4ccc(-c5cc(N6CCOCC6)ncn5)cc4[nH]3)c2)CC1. The second-order valence-corrected chi connectivity index (χ2v) is 10.3. The van der Waals surface area contributed by atoms with Crippen LogP contribution >= 0.6 is 0 Å². The van der Waals surface area contributed by atoms with Crippen molar-refractivity contribution in [3.63, 3.8) is 0 Å². The van der Waals surface area contributed by atoms with E-state index in [1.54, 1.807) is 12.5 Å². The molecule has 5 heterocycles. The zero-order chi connectivity index (χ0) is 29.1. The first-order valence-corrected chi connectivity index (χ1v) is 13.7. The molecule has 11 nitrogen and oxygen atoms in total. The Morgan fingerprint density at radius 3 is 2.57 bits per heavy atom. The topological polar surface area (TPSA) is 115 Å². The molecule has 0 aliphatic carbocycles. The number of carbonyl (C=O) groups is 1. The van der Waals surface area contributed by atoms with Gasteiger partial charge in [0.25, 0.3) is 0 Å². The van der Waals surface area contributed by atoms with Crippen molar-refractivity contribution < 1.29 is 22.7 Å². The molecule has 42 heavy (non-hydrogen) atoms. The number of rotatable bonds is 7. The molecule has 6 rings (SSSR count). The van der Waals surface area contributed by atoms with E-state index in [4.69, 9.17) is 4.74 Å². The highest BCUT2D eigenvalue weighted by Gasteiger charge is 2.34. The molecule has 14 heteroatoms. The molecule has 0 atom stereocenters. The Morgan fingerprint density at radius 1 is 0.976 bits per heavy atom. The molecule has 1 aromatic carbocycles. The van der Waals surface area contributed by atoms with E-state index < -0.39 is 18.5 Å². The summed E-state index contributed by atoms with van der Waals surface area (Å²) >= 11 is 0. The summed E-state index contributed by atoms with van der Waals surface area (Å²) < 4.78 is 43.1. The summed E-state index contributed by atoms with van der Waals surface area (Å²) in [5, 5.41) is 3.23. The summed E-state index contributed by atoms with van der Waals surface area (Å²) in [5.41, 5.74) is 4.38. The molecule has 4 aromatic rings. The average Bonchev–Trinajstić information content (AvgIpc) is 3.39. The van der Waals surface area contributed by atoms with Crippen molar-refractivity contribution in [1.29, 1.82) is 0 Å². The van der Waals surface area contributed by atoms with Crippen LogP contribution < -0.4 is 10.2 Å². The van der Waals surface area contributed by atoms with Gasteiger partial charge in [0, 0.05) is 63.6 Å². The molecule has 2 saturated heterocycles. The third kappa shape index (κ3) is 6.77. The fourth-order valence-corrected chi connectivity index (χ4v) is 5.16. The first-order valence-electron chi connectivity index (χ1n) is 13.7. The van der Waals surface area contributed by atoms with Gasteiger partial charge in [0.2, 0.25) is 11.9 Å². The summed E-state index contributed by atoms with van der Waals surface area (Å²) in [4.78, 5) is 38.7. The third-order valence-corrected chi connectivity index (χ3v) is 7.32. The van der Waals surface area contributed by atoms with E-state index in [1.165, 1.54) is 4.90 Å². The van der Waals surface area contributed by atoms with E-state index >= 15 is 0 Å². The average molecular weight is 582 g/mol. The lowest BCUT2D eigenvalue weighted by molar-refractivity contribution is -0.162. The first kappa shape index (κ1) is 27.8. The van der Waals surface area contributed by atoms with Crippen LogP contribution in [0.2, 0.25) is 0 Å². The standard InChI is InChI=1S/C28H30F3N9O2/c29-28(30,31)16-26(41)40-7-5-38(6-8-40)17-19-3-4-32-24(13-19)37-27-35-21-2-1-20(14-23(21)36-27)22-15-25(34-18-33-22)39-9-11-42-12-10-39/h1-4,13-15,18H,5-12,16-17H2,(H2,32,35,36,37). The number of amides is 1. The number of aromatic amines is 1. The number of benzene rings is 1. The van der Waals surface area contributed by atoms with Crippen molar-refractivity contribution in [2.45, 2.75) is 19.1 Å². The van der Waals surface area contributed by atoms with Crippen LogP contribution in [0, 0.1) is 0 Å². The number of nitrogens with zero attached hydrogens (tertiary/aromatic N) is 7. The predicted molar refractivity (Wildman–Crippen MR) is 150 cm³/mol. The second kappa shape index (κ2) is 11.9. The Labute approximate surface area is 239 Å². The lowest BCUT2D eigenvalue weighted by Gasteiger charge is -2.35. The van der Waals surface area contributed by atoms with Crippen molar-refractivity contribution in [3.8, 4) is 11.3 Å². The van der Waals surface area contributed by atoms with Crippen LogP contribution in [-0.4, -0.2) is 99.3 Å². The van der Waals surface area contributed by atoms with Gasteiger partial charge in [-0.25, -0.2) is 19.9 Å². The zero-order valence-electron chi connectivity index (χ0n) is 22.8. The van der Waals surface area contributed by atoms with Crippen LogP contribution in [0.4, 0.5) is 30.8 Å². The number of H-pyrrole nitrogens is 1.